The van der Waals surface area contributed by atoms with Gasteiger partial charge >= 0.3 is 0 Å². The first-order chi connectivity index (χ1) is 17.0. The van der Waals surface area contributed by atoms with Crippen molar-refractivity contribution in [3.63, 3.8) is 0 Å². The zero-order chi connectivity index (χ0) is 24.5. The van der Waals surface area contributed by atoms with E-state index in [1.165, 1.54) is 0 Å². The normalized spacial score (nSPS) is 19.0. The summed E-state index contributed by atoms with van der Waals surface area (Å²) in [5.74, 6) is 2.19. The third-order valence-electron chi connectivity index (χ3n) is 6.69. The molecule has 6 nitrogen and oxygen atoms in total. The molecule has 2 N–H and O–H groups in total. The molecule has 2 aliphatic rings. The topological polar surface area (TPSA) is 68.8 Å². The molecule has 1 aliphatic heterocycles. The van der Waals surface area contributed by atoms with Crippen LogP contribution in [0.5, 0.6) is 17.2 Å². The van der Waals surface area contributed by atoms with E-state index in [-0.39, 0.29) is 17.7 Å². The average Bonchev–Trinajstić information content (AvgIpc) is 3.05. The summed E-state index contributed by atoms with van der Waals surface area (Å²) in [6.07, 6.45) is 1.14. The molecule has 180 valence electrons. The fourth-order valence-corrected chi connectivity index (χ4v) is 5.50. The van der Waals surface area contributed by atoms with Gasteiger partial charge in [-0.3, -0.25) is 4.79 Å². The number of ketones is 1. The number of methoxy groups -OCH3 is 3. The molecular weight excluding hydrogens is 508 g/mol. The van der Waals surface area contributed by atoms with E-state index >= 15 is 0 Å². The molecule has 35 heavy (non-hydrogen) atoms. The maximum Gasteiger partial charge on any atom is 0.163 e. The van der Waals surface area contributed by atoms with E-state index in [9.17, 15) is 4.79 Å². The maximum atomic E-state index is 13.8. The van der Waals surface area contributed by atoms with Crippen molar-refractivity contribution in [2.45, 2.75) is 24.8 Å². The monoisotopic (exact) mass is 534 g/mol. The van der Waals surface area contributed by atoms with Crippen molar-refractivity contribution in [3.8, 4) is 17.2 Å². The summed E-state index contributed by atoms with van der Waals surface area (Å²) in [4.78, 5) is 13.8. The predicted molar refractivity (Wildman–Crippen MR) is 141 cm³/mol. The summed E-state index contributed by atoms with van der Waals surface area (Å²) >= 11 is 3.71. The van der Waals surface area contributed by atoms with E-state index in [4.69, 9.17) is 14.2 Å². The summed E-state index contributed by atoms with van der Waals surface area (Å²) < 4.78 is 17.3. The van der Waals surface area contributed by atoms with Crippen LogP contribution in [0.1, 0.15) is 35.9 Å². The Morgan fingerprint density at radius 2 is 1.60 bits per heavy atom. The smallest absolute Gasteiger partial charge is 0.163 e. The standard InChI is InChI=1S/C28H27BrN2O4/c1-33-18-8-6-7-16(11-18)17-12-23-27(24(32)13-17)28(31-22-10-5-4-9-21(22)30-23)19-14-25(34-2)26(35-3)15-20(19)29/h4-11,14-15,17,28,30-31H,12-13H2,1-3H3/t17-,28-/m1/s1. The first-order valence-corrected chi connectivity index (χ1v) is 12.3. The van der Waals surface area contributed by atoms with Gasteiger partial charge in [0.05, 0.1) is 38.7 Å². The van der Waals surface area contributed by atoms with Crippen LogP contribution in [0.15, 0.2) is 76.4 Å². The second-order valence-electron chi connectivity index (χ2n) is 8.67. The molecule has 7 heteroatoms. The third-order valence-corrected chi connectivity index (χ3v) is 7.37. The molecular formula is C28H27BrN2O4. The van der Waals surface area contributed by atoms with Crippen LogP contribution in [0.2, 0.25) is 0 Å². The minimum Gasteiger partial charge on any atom is -0.497 e. The zero-order valence-corrected chi connectivity index (χ0v) is 21.4. The highest BCUT2D eigenvalue weighted by Gasteiger charge is 2.37. The lowest BCUT2D eigenvalue weighted by Gasteiger charge is -2.30. The SMILES string of the molecule is COc1cccc([C@H]2CC(=O)C3=C(C2)Nc2ccccc2N[C@@H]3c2cc(OC)c(OC)cc2Br)c1. The fourth-order valence-electron chi connectivity index (χ4n) is 4.95. The first-order valence-electron chi connectivity index (χ1n) is 11.5. The number of carbonyl (C=O) groups is 1. The van der Waals surface area contributed by atoms with Gasteiger partial charge in [0.15, 0.2) is 17.3 Å². The van der Waals surface area contributed by atoms with E-state index < -0.39 is 0 Å². The third kappa shape index (κ3) is 4.36. The second kappa shape index (κ2) is 9.66. The van der Waals surface area contributed by atoms with Gasteiger partial charge in [-0.15, -0.1) is 0 Å². The average molecular weight is 535 g/mol. The van der Waals surface area contributed by atoms with Crippen molar-refractivity contribution in [2.75, 3.05) is 32.0 Å². The number of Topliss-reactive ketones (excluding diaryl/α,β-unsaturated/α-hetero) is 1. The summed E-state index contributed by atoms with van der Waals surface area (Å²) in [5, 5.41) is 7.20. The molecule has 1 aliphatic carbocycles. The molecule has 5 rings (SSSR count). The molecule has 3 aromatic rings. The molecule has 0 saturated carbocycles. The van der Waals surface area contributed by atoms with Gasteiger partial charge in [0.1, 0.15) is 5.75 Å². The Morgan fingerprint density at radius 1 is 0.857 bits per heavy atom. The van der Waals surface area contributed by atoms with Gasteiger partial charge < -0.3 is 24.8 Å². The van der Waals surface area contributed by atoms with Gasteiger partial charge in [0.2, 0.25) is 0 Å². The number of para-hydroxylation sites is 2. The second-order valence-corrected chi connectivity index (χ2v) is 9.53. The lowest BCUT2D eigenvalue weighted by Crippen LogP contribution is -2.27. The quantitative estimate of drug-likeness (QED) is 0.391. The van der Waals surface area contributed by atoms with Gasteiger partial charge in [-0.05, 0) is 59.9 Å². The molecule has 1 heterocycles. The van der Waals surface area contributed by atoms with Crippen LogP contribution >= 0.6 is 15.9 Å². The highest BCUT2D eigenvalue weighted by Crippen LogP contribution is 2.47. The van der Waals surface area contributed by atoms with E-state index in [0.29, 0.717) is 24.3 Å². The number of hydrogen-bond donors (Lipinski definition) is 2. The summed E-state index contributed by atoms with van der Waals surface area (Å²) in [7, 11) is 4.88. The molecule has 0 aromatic heterocycles. The van der Waals surface area contributed by atoms with Gasteiger partial charge in [-0.1, -0.05) is 40.2 Å². The predicted octanol–water partition coefficient (Wildman–Crippen LogP) is 6.45. The summed E-state index contributed by atoms with van der Waals surface area (Å²) in [5.41, 5.74) is 5.55. The zero-order valence-electron chi connectivity index (χ0n) is 19.9. The number of hydrogen-bond acceptors (Lipinski definition) is 6. The van der Waals surface area contributed by atoms with Gasteiger partial charge in [-0.2, -0.15) is 0 Å². The van der Waals surface area contributed by atoms with Gasteiger partial charge in [-0.25, -0.2) is 0 Å². The number of allylic oxidation sites excluding steroid dienone is 1. The lowest BCUT2D eigenvalue weighted by molar-refractivity contribution is -0.116. The van der Waals surface area contributed by atoms with E-state index in [0.717, 1.165) is 44.0 Å². The van der Waals surface area contributed by atoms with Gasteiger partial charge in [0, 0.05) is 22.2 Å². The summed E-state index contributed by atoms with van der Waals surface area (Å²) in [6.45, 7) is 0. The number of benzene rings is 3. The van der Waals surface area contributed by atoms with Crippen molar-refractivity contribution in [1.29, 1.82) is 0 Å². The maximum absolute atomic E-state index is 13.8. The van der Waals surface area contributed by atoms with Gasteiger partial charge in [0.25, 0.3) is 0 Å². The Morgan fingerprint density at radius 3 is 2.34 bits per heavy atom. The van der Waals surface area contributed by atoms with Crippen LogP contribution in [0, 0.1) is 0 Å². The van der Waals surface area contributed by atoms with Crippen LogP contribution in [-0.2, 0) is 4.79 Å². The Labute approximate surface area is 213 Å². The molecule has 0 saturated heterocycles. The van der Waals surface area contributed by atoms with Crippen LogP contribution in [0.25, 0.3) is 0 Å². The molecule has 2 atom stereocenters. The fraction of sp³-hybridized carbons (Fsp3) is 0.250. The van der Waals surface area contributed by atoms with Crippen molar-refractivity contribution in [1.82, 2.24) is 0 Å². The largest absolute Gasteiger partial charge is 0.497 e. The first kappa shape index (κ1) is 23.3. The Hall–Kier alpha value is -3.45. The number of nitrogens with one attached hydrogen (secondary N) is 2. The number of rotatable bonds is 5. The molecule has 0 unspecified atom stereocenters. The highest BCUT2D eigenvalue weighted by atomic mass is 79.9. The minimum absolute atomic E-state index is 0.0589. The van der Waals surface area contributed by atoms with Crippen molar-refractivity contribution in [3.05, 3.63) is 87.5 Å². The number of halogens is 1. The number of fused-ring (bicyclic) bond motifs is 1. The van der Waals surface area contributed by atoms with Crippen LogP contribution in [0.3, 0.4) is 0 Å². The number of carbonyl (C=O) groups excluding carboxylic acids is 1. The molecule has 0 amide bonds. The molecule has 0 spiro atoms. The van der Waals surface area contributed by atoms with Crippen molar-refractivity contribution >= 4 is 33.1 Å². The number of ether oxygens (including phenoxy) is 3. The summed E-state index contributed by atoms with van der Waals surface area (Å²) in [6, 6.07) is 19.5. The van der Waals surface area contributed by atoms with E-state index in [1.54, 1.807) is 21.3 Å². The Balaban J connectivity index is 1.63. The Bertz CT molecular complexity index is 1320. The van der Waals surface area contributed by atoms with E-state index in [2.05, 4.69) is 32.6 Å². The molecule has 0 radical (unpaired) electrons. The Kier molecular flexibility index (Phi) is 6.43. The van der Waals surface area contributed by atoms with Crippen LogP contribution in [0.4, 0.5) is 11.4 Å². The molecule has 0 fully saturated rings. The lowest BCUT2D eigenvalue weighted by atomic mass is 9.78. The molecule has 0 bridgehead atoms. The van der Waals surface area contributed by atoms with Crippen LogP contribution in [-0.4, -0.2) is 27.1 Å². The molecule has 3 aromatic carbocycles. The minimum atomic E-state index is -0.367. The van der Waals surface area contributed by atoms with Crippen molar-refractivity contribution in [2.24, 2.45) is 0 Å². The van der Waals surface area contributed by atoms with E-state index in [1.807, 2.05) is 54.6 Å². The highest BCUT2D eigenvalue weighted by molar-refractivity contribution is 9.10. The number of anilines is 2. The van der Waals surface area contributed by atoms with Crippen LogP contribution < -0.4 is 24.8 Å². The van der Waals surface area contributed by atoms with Crippen molar-refractivity contribution < 1.29 is 19.0 Å².